The lowest BCUT2D eigenvalue weighted by Crippen LogP contribution is -2.16. The van der Waals surface area contributed by atoms with E-state index in [4.69, 9.17) is 4.74 Å². The molecule has 0 saturated carbocycles. The minimum atomic E-state index is -1.14. The molecule has 0 aliphatic rings. The van der Waals surface area contributed by atoms with Crippen molar-refractivity contribution in [2.24, 2.45) is 0 Å². The molecule has 0 fully saturated rings. The molecule has 0 bridgehead atoms. The zero-order valence-corrected chi connectivity index (χ0v) is 13.2. The maximum atomic E-state index is 13.5. The number of anilines is 2. The van der Waals surface area contributed by atoms with Crippen LogP contribution < -0.4 is 15.4 Å². The Kier molecular flexibility index (Phi) is 5.47. The first-order valence-corrected chi connectivity index (χ1v) is 7.22. The second-order valence-electron chi connectivity index (χ2n) is 4.88. The molecule has 0 atom stereocenters. The van der Waals surface area contributed by atoms with E-state index in [1.54, 1.807) is 25.1 Å². The van der Waals surface area contributed by atoms with Crippen LogP contribution >= 0.6 is 0 Å². The second-order valence-corrected chi connectivity index (χ2v) is 4.88. The minimum absolute atomic E-state index is 0.0383. The SMILES string of the molecule is CCOc1ccccc1C(=O)Nc1cc(F)c(F)cc1NC(C)=O. The van der Waals surface area contributed by atoms with Gasteiger partial charge in [0.25, 0.3) is 5.91 Å². The van der Waals surface area contributed by atoms with Gasteiger partial charge in [0.2, 0.25) is 5.91 Å². The Labute approximate surface area is 137 Å². The van der Waals surface area contributed by atoms with Gasteiger partial charge in [-0.1, -0.05) is 12.1 Å². The maximum Gasteiger partial charge on any atom is 0.259 e. The van der Waals surface area contributed by atoms with E-state index >= 15 is 0 Å². The van der Waals surface area contributed by atoms with Crippen molar-refractivity contribution in [2.45, 2.75) is 13.8 Å². The van der Waals surface area contributed by atoms with Gasteiger partial charge in [0.15, 0.2) is 11.6 Å². The Hall–Kier alpha value is -2.96. The number of benzene rings is 2. The highest BCUT2D eigenvalue weighted by molar-refractivity contribution is 6.08. The molecule has 0 aromatic heterocycles. The molecule has 126 valence electrons. The molecule has 2 amide bonds. The summed E-state index contributed by atoms with van der Waals surface area (Å²) >= 11 is 0. The number of rotatable bonds is 5. The van der Waals surface area contributed by atoms with Crippen molar-refractivity contribution in [3.05, 3.63) is 53.6 Å². The van der Waals surface area contributed by atoms with Crippen molar-refractivity contribution in [3.63, 3.8) is 0 Å². The molecule has 2 aromatic carbocycles. The second kappa shape index (κ2) is 7.54. The summed E-state index contributed by atoms with van der Waals surface area (Å²) in [6.07, 6.45) is 0. The molecular weight excluding hydrogens is 318 g/mol. The van der Waals surface area contributed by atoms with Crippen molar-refractivity contribution in [3.8, 4) is 5.75 Å². The first-order chi connectivity index (χ1) is 11.4. The van der Waals surface area contributed by atoms with E-state index in [0.29, 0.717) is 12.4 Å². The van der Waals surface area contributed by atoms with Gasteiger partial charge in [-0.05, 0) is 19.1 Å². The minimum Gasteiger partial charge on any atom is -0.493 e. The van der Waals surface area contributed by atoms with Crippen molar-refractivity contribution in [1.29, 1.82) is 0 Å². The molecule has 0 aliphatic carbocycles. The standard InChI is InChI=1S/C17H16F2N2O3/c1-3-24-16-7-5-4-6-11(16)17(23)21-15-9-13(19)12(18)8-14(15)20-10(2)22/h4-9H,3H2,1-2H3,(H,20,22)(H,21,23). The topological polar surface area (TPSA) is 67.4 Å². The van der Waals surface area contributed by atoms with E-state index < -0.39 is 23.4 Å². The maximum absolute atomic E-state index is 13.5. The normalized spacial score (nSPS) is 10.2. The quantitative estimate of drug-likeness (QED) is 0.878. The van der Waals surface area contributed by atoms with Crippen molar-refractivity contribution in [1.82, 2.24) is 0 Å². The van der Waals surface area contributed by atoms with Crippen LogP contribution in [0.25, 0.3) is 0 Å². The zero-order chi connectivity index (χ0) is 17.7. The van der Waals surface area contributed by atoms with Gasteiger partial charge in [0, 0.05) is 19.1 Å². The zero-order valence-electron chi connectivity index (χ0n) is 13.2. The first-order valence-electron chi connectivity index (χ1n) is 7.22. The molecule has 0 heterocycles. The number of halogens is 2. The van der Waals surface area contributed by atoms with Crippen LogP contribution in [0.2, 0.25) is 0 Å². The summed E-state index contributed by atoms with van der Waals surface area (Å²) in [7, 11) is 0. The van der Waals surface area contributed by atoms with E-state index in [-0.39, 0.29) is 16.9 Å². The Morgan fingerprint density at radius 1 is 1.04 bits per heavy atom. The number of carbonyl (C=O) groups is 2. The average Bonchev–Trinajstić information content (AvgIpc) is 2.52. The Morgan fingerprint density at radius 2 is 1.62 bits per heavy atom. The summed E-state index contributed by atoms with van der Waals surface area (Å²) in [6.45, 7) is 3.36. The van der Waals surface area contributed by atoms with Gasteiger partial charge in [-0.25, -0.2) is 8.78 Å². The van der Waals surface area contributed by atoms with E-state index in [1.165, 1.54) is 13.0 Å². The molecule has 2 N–H and O–H groups in total. The largest absolute Gasteiger partial charge is 0.493 e. The number of ether oxygens (including phenoxy) is 1. The highest BCUT2D eigenvalue weighted by Gasteiger charge is 2.16. The van der Waals surface area contributed by atoms with Crippen LogP contribution in [0.1, 0.15) is 24.2 Å². The highest BCUT2D eigenvalue weighted by Crippen LogP contribution is 2.27. The number of hydrogen-bond acceptors (Lipinski definition) is 3. The van der Waals surface area contributed by atoms with Crippen LogP contribution in [0.15, 0.2) is 36.4 Å². The van der Waals surface area contributed by atoms with Gasteiger partial charge in [-0.3, -0.25) is 9.59 Å². The molecule has 24 heavy (non-hydrogen) atoms. The molecule has 2 aromatic rings. The molecule has 0 spiro atoms. The van der Waals surface area contributed by atoms with Gasteiger partial charge in [0.1, 0.15) is 5.75 Å². The summed E-state index contributed by atoms with van der Waals surface area (Å²) in [5.41, 5.74) is 0.141. The van der Waals surface area contributed by atoms with Crippen LogP contribution in [-0.2, 0) is 4.79 Å². The third-order valence-corrected chi connectivity index (χ3v) is 3.05. The predicted octanol–water partition coefficient (Wildman–Crippen LogP) is 3.57. The number of carbonyl (C=O) groups excluding carboxylic acids is 2. The van der Waals surface area contributed by atoms with Crippen LogP contribution in [0.5, 0.6) is 5.75 Å². The van der Waals surface area contributed by atoms with E-state index in [0.717, 1.165) is 12.1 Å². The van der Waals surface area contributed by atoms with Gasteiger partial charge in [0.05, 0.1) is 23.5 Å². The van der Waals surface area contributed by atoms with E-state index in [9.17, 15) is 18.4 Å². The van der Waals surface area contributed by atoms with Gasteiger partial charge in [-0.15, -0.1) is 0 Å². The Bertz CT molecular complexity index is 778. The molecule has 0 saturated heterocycles. The number of amides is 2. The molecule has 7 heteroatoms. The van der Waals surface area contributed by atoms with Crippen molar-refractivity contribution >= 4 is 23.2 Å². The Morgan fingerprint density at radius 3 is 2.21 bits per heavy atom. The lowest BCUT2D eigenvalue weighted by atomic mass is 10.1. The first kappa shape index (κ1) is 17.4. The summed E-state index contributed by atoms with van der Waals surface area (Å²) in [6, 6.07) is 8.14. The van der Waals surface area contributed by atoms with Crippen LogP contribution in [-0.4, -0.2) is 18.4 Å². The predicted molar refractivity (Wildman–Crippen MR) is 86.2 cm³/mol. The summed E-state index contributed by atoms with van der Waals surface area (Å²) in [5, 5.41) is 4.81. The molecule has 0 unspecified atom stereocenters. The fourth-order valence-corrected chi connectivity index (χ4v) is 2.07. The molecule has 0 aliphatic heterocycles. The molecular formula is C17H16F2N2O3. The van der Waals surface area contributed by atoms with Gasteiger partial charge < -0.3 is 15.4 Å². The summed E-state index contributed by atoms with van der Waals surface area (Å²) in [4.78, 5) is 23.6. The summed E-state index contributed by atoms with van der Waals surface area (Å²) in [5.74, 6) is -2.96. The third-order valence-electron chi connectivity index (χ3n) is 3.05. The van der Waals surface area contributed by atoms with Crippen molar-refractivity contribution < 1.29 is 23.1 Å². The third kappa shape index (κ3) is 4.07. The average molecular weight is 334 g/mol. The van der Waals surface area contributed by atoms with Crippen LogP contribution in [0, 0.1) is 11.6 Å². The van der Waals surface area contributed by atoms with Crippen LogP contribution in [0.4, 0.5) is 20.2 Å². The number of nitrogens with one attached hydrogen (secondary N) is 2. The fourth-order valence-electron chi connectivity index (χ4n) is 2.07. The highest BCUT2D eigenvalue weighted by atomic mass is 19.2. The van der Waals surface area contributed by atoms with Crippen molar-refractivity contribution in [2.75, 3.05) is 17.2 Å². The molecule has 2 rings (SSSR count). The lowest BCUT2D eigenvalue weighted by molar-refractivity contribution is -0.114. The van der Waals surface area contributed by atoms with E-state index in [1.807, 2.05) is 0 Å². The monoisotopic (exact) mass is 334 g/mol. The lowest BCUT2D eigenvalue weighted by Gasteiger charge is -2.14. The molecule has 5 nitrogen and oxygen atoms in total. The Balaban J connectivity index is 2.35. The number of para-hydroxylation sites is 1. The summed E-state index contributed by atoms with van der Waals surface area (Å²) < 4.78 is 32.2. The van der Waals surface area contributed by atoms with Crippen LogP contribution in [0.3, 0.4) is 0 Å². The number of hydrogen-bond donors (Lipinski definition) is 2. The van der Waals surface area contributed by atoms with Gasteiger partial charge >= 0.3 is 0 Å². The smallest absolute Gasteiger partial charge is 0.259 e. The van der Waals surface area contributed by atoms with E-state index in [2.05, 4.69) is 10.6 Å². The fraction of sp³-hybridized carbons (Fsp3) is 0.176. The van der Waals surface area contributed by atoms with Gasteiger partial charge in [-0.2, -0.15) is 0 Å². The molecule has 0 radical (unpaired) electrons.